The van der Waals surface area contributed by atoms with Crippen LogP contribution < -0.4 is 0 Å². The average Bonchev–Trinajstić information content (AvgIpc) is 3.16. The summed E-state index contributed by atoms with van der Waals surface area (Å²) in [6.07, 6.45) is 45.6. The predicted molar refractivity (Wildman–Crippen MR) is 243 cm³/mol. The average molecular weight is 833 g/mol. The first-order valence-electron chi connectivity index (χ1n) is 24.8. The van der Waals surface area contributed by atoms with Gasteiger partial charge >= 0.3 is 13.8 Å². The first kappa shape index (κ1) is 56.5. The van der Waals surface area contributed by atoms with Crippen molar-refractivity contribution < 1.29 is 37.3 Å². The molecule has 0 aliphatic rings. The molecule has 0 bridgehead atoms. The zero-order valence-electron chi connectivity index (χ0n) is 38.9. The SMILES string of the molecule is CCCCCCCCCCCCCCCCCCCCCC(=O)O[C@H](COCCCCCCCCCCCCCCCCCC)COP(=O)(O)OCC[N+](C)(C)C. The van der Waals surface area contributed by atoms with E-state index in [0.29, 0.717) is 24.1 Å². The van der Waals surface area contributed by atoms with Gasteiger partial charge in [-0.2, -0.15) is 0 Å². The van der Waals surface area contributed by atoms with Crippen LogP contribution in [0.4, 0.5) is 0 Å². The van der Waals surface area contributed by atoms with E-state index in [0.717, 1.165) is 32.1 Å². The summed E-state index contributed by atoms with van der Waals surface area (Å²) in [5.74, 6) is -0.305. The Morgan fingerprint density at radius 3 is 1.16 bits per heavy atom. The van der Waals surface area contributed by atoms with Crippen LogP contribution in [-0.2, 0) is 27.9 Å². The van der Waals surface area contributed by atoms with Crippen molar-refractivity contribution in [1.82, 2.24) is 0 Å². The fraction of sp³-hybridized carbons (Fsp3) is 0.979. The van der Waals surface area contributed by atoms with Crippen molar-refractivity contribution in [3.8, 4) is 0 Å². The highest BCUT2D eigenvalue weighted by molar-refractivity contribution is 7.47. The number of ether oxygens (including phenoxy) is 2. The smallest absolute Gasteiger partial charge is 0.457 e. The molecular formula is C48H99NO7P+. The number of esters is 1. The lowest BCUT2D eigenvalue weighted by Crippen LogP contribution is -2.37. The molecule has 0 saturated heterocycles. The number of unbranched alkanes of at least 4 members (excludes halogenated alkanes) is 33. The molecule has 0 heterocycles. The van der Waals surface area contributed by atoms with Gasteiger partial charge in [-0.25, -0.2) is 4.57 Å². The van der Waals surface area contributed by atoms with Crippen LogP contribution in [0.1, 0.15) is 245 Å². The number of quaternary nitrogens is 1. The molecule has 0 aromatic rings. The van der Waals surface area contributed by atoms with Gasteiger partial charge in [0.1, 0.15) is 19.3 Å². The van der Waals surface area contributed by atoms with E-state index in [1.165, 1.54) is 193 Å². The fourth-order valence-electron chi connectivity index (χ4n) is 7.32. The Hall–Kier alpha value is -0.500. The Labute approximate surface area is 355 Å². The first-order chi connectivity index (χ1) is 27.6. The molecule has 0 fully saturated rings. The molecule has 0 spiro atoms. The Kier molecular flexibility index (Phi) is 41.8. The van der Waals surface area contributed by atoms with Gasteiger partial charge in [0.15, 0.2) is 0 Å². The number of hydrogen-bond acceptors (Lipinski definition) is 6. The van der Waals surface area contributed by atoms with Gasteiger partial charge in [-0.15, -0.1) is 0 Å². The Morgan fingerprint density at radius 2 is 0.807 bits per heavy atom. The normalized spacial score (nSPS) is 13.6. The fourth-order valence-corrected chi connectivity index (χ4v) is 8.06. The summed E-state index contributed by atoms with van der Waals surface area (Å²) in [5.41, 5.74) is 0. The number of hydrogen-bond donors (Lipinski definition) is 1. The lowest BCUT2D eigenvalue weighted by atomic mass is 10.0. The van der Waals surface area contributed by atoms with E-state index in [-0.39, 0.29) is 25.8 Å². The summed E-state index contributed by atoms with van der Waals surface area (Å²) in [6.45, 7) is 5.70. The van der Waals surface area contributed by atoms with E-state index >= 15 is 0 Å². The van der Waals surface area contributed by atoms with Crippen molar-refractivity contribution in [1.29, 1.82) is 0 Å². The van der Waals surface area contributed by atoms with Crippen LogP contribution in [0.2, 0.25) is 0 Å². The summed E-state index contributed by atoms with van der Waals surface area (Å²) in [7, 11) is 1.69. The van der Waals surface area contributed by atoms with Crippen LogP contribution in [0.25, 0.3) is 0 Å². The molecule has 8 nitrogen and oxygen atoms in total. The lowest BCUT2D eigenvalue weighted by molar-refractivity contribution is -0.870. The van der Waals surface area contributed by atoms with Gasteiger partial charge in [0.25, 0.3) is 0 Å². The second-order valence-electron chi connectivity index (χ2n) is 18.2. The molecule has 0 aliphatic heterocycles. The van der Waals surface area contributed by atoms with Gasteiger partial charge in [0.2, 0.25) is 0 Å². The molecule has 342 valence electrons. The zero-order valence-corrected chi connectivity index (χ0v) is 39.8. The van der Waals surface area contributed by atoms with Crippen LogP contribution in [0.5, 0.6) is 0 Å². The second kappa shape index (κ2) is 42.2. The van der Waals surface area contributed by atoms with Crippen molar-refractivity contribution in [2.24, 2.45) is 0 Å². The molecule has 0 aliphatic carbocycles. The highest BCUT2D eigenvalue weighted by Crippen LogP contribution is 2.43. The molecule has 0 aromatic heterocycles. The largest absolute Gasteiger partial charge is 0.472 e. The van der Waals surface area contributed by atoms with E-state index in [1.807, 2.05) is 21.1 Å². The number of likely N-dealkylation sites (N-methyl/N-ethyl adjacent to an activating group) is 1. The third-order valence-corrected chi connectivity index (χ3v) is 12.2. The highest BCUT2D eigenvalue weighted by atomic mass is 31.2. The van der Waals surface area contributed by atoms with E-state index in [1.54, 1.807) is 0 Å². The van der Waals surface area contributed by atoms with Gasteiger partial charge in [0.05, 0.1) is 34.4 Å². The molecule has 2 atom stereocenters. The predicted octanol–water partition coefficient (Wildman–Crippen LogP) is 14.8. The Balaban J connectivity index is 4.11. The van der Waals surface area contributed by atoms with Crippen LogP contribution in [0.3, 0.4) is 0 Å². The van der Waals surface area contributed by atoms with E-state index in [4.69, 9.17) is 18.5 Å². The lowest BCUT2D eigenvalue weighted by Gasteiger charge is -2.24. The van der Waals surface area contributed by atoms with Gasteiger partial charge in [-0.1, -0.05) is 226 Å². The first-order valence-corrected chi connectivity index (χ1v) is 26.3. The van der Waals surface area contributed by atoms with Crippen molar-refractivity contribution in [2.75, 3.05) is 54.1 Å². The Morgan fingerprint density at radius 1 is 0.474 bits per heavy atom. The summed E-state index contributed by atoms with van der Waals surface area (Å²) in [4.78, 5) is 23.0. The van der Waals surface area contributed by atoms with Gasteiger partial charge in [-0.3, -0.25) is 13.8 Å². The van der Waals surface area contributed by atoms with Gasteiger partial charge in [0, 0.05) is 13.0 Å². The van der Waals surface area contributed by atoms with E-state index in [9.17, 15) is 14.3 Å². The van der Waals surface area contributed by atoms with Crippen LogP contribution in [0, 0.1) is 0 Å². The van der Waals surface area contributed by atoms with Crippen molar-refractivity contribution >= 4 is 13.8 Å². The monoisotopic (exact) mass is 833 g/mol. The highest BCUT2D eigenvalue weighted by Gasteiger charge is 2.26. The summed E-state index contributed by atoms with van der Waals surface area (Å²) >= 11 is 0. The van der Waals surface area contributed by atoms with Gasteiger partial charge < -0.3 is 18.9 Å². The number of carbonyl (C=O) groups is 1. The molecule has 1 unspecified atom stereocenters. The Bertz CT molecular complexity index is 883. The van der Waals surface area contributed by atoms with E-state index in [2.05, 4.69) is 13.8 Å². The van der Waals surface area contributed by atoms with E-state index < -0.39 is 13.9 Å². The quantitative estimate of drug-likeness (QED) is 0.0283. The number of phosphoric acid groups is 1. The molecule has 0 radical (unpaired) electrons. The molecule has 9 heteroatoms. The summed E-state index contributed by atoms with van der Waals surface area (Å²) in [6, 6.07) is 0. The minimum Gasteiger partial charge on any atom is -0.457 e. The van der Waals surface area contributed by atoms with Crippen molar-refractivity contribution in [3.05, 3.63) is 0 Å². The molecule has 57 heavy (non-hydrogen) atoms. The number of carbonyl (C=O) groups excluding carboxylic acids is 1. The molecule has 1 N–H and O–H groups in total. The van der Waals surface area contributed by atoms with Crippen LogP contribution in [0.15, 0.2) is 0 Å². The molecular weight excluding hydrogens is 734 g/mol. The number of nitrogens with zero attached hydrogens (tertiary/aromatic N) is 1. The third-order valence-electron chi connectivity index (χ3n) is 11.2. The standard InChI is InChI=1S/C48H98NO7P/c1-6-8-10-12-14-16-18-20-22-24-25-26-27-29-31-33-35-37-39-41-48(50)56-47(46-55-57(51,52)54-44-42-49(3,4)5)45-53-43-40-38-36-34-32-30-28-23-21-19-17-15-13-11-9-7-2/h47H,6-46H2,1-5H3/p+1/t47-/m1/s1. The molecule has 0 aromatic carbocycles. The number of rotatable bonds is 47. The van der Waals surface area contributed by atoms with Gasteiger partial charge in [-0.05, 0) is 12.8 Å². The summed E-state index contributed by atoms with van der Waals surface area (Å²) < 4.78 is 35.1. The molecule has 0 rings (SSSR count). The second-order valence-corrected chi connectivity index (χ2v) is 19.7. The molecule has 0 amide bonds. The topological polar surface area (TPSA) is 91.3 Å². The number of phosphoric ester groups is 1. The van der Waals surface area contributed by atoms with Crippen LogP contribution >= 0.6 is 7.82 Å². The van der Waals surface area contributed by atoms with Crippen molar-refractivity contribution in [3.63, 3.8) is 0 Å². The summed E-state index contributed by atoms with van der Waals surface area (Å²) in [5, 5.41) is 0. The molecule has 0 saturated carbocycles. The maximum absolute atomic E-state index is 12.7. The maximum Gasteiger partial charge on any atom is 0.472 e. The van der Waals surface area contributed by atoms with Crippen molar-refractivity contribution in [2.45, 2.75) is 251 Å². The maximum atomic E-state index is 12.7. The third kappa shape index (κ3) is 46.4. The minimum absolute atomic E-state index is 0.0941. The zero-order chi connectivity index (χ0) is 42.0. The van der Waals surface area contributed by atoms with Crippen LogP contribution in [-0.4, -0.2) is 75.6 Å². The minimum atomic E-state index is -4.27.